The van der Waals surface area contributed by atoms with Crippen LogP contribution in [0.3, 0.4) is 0 Å². The maximum Gasteiger partial charge on any atom is 0.265 e. The van der Waals surface area contributed by atoms with Gasteiger partial charge < -0.3 is 10.1 Å². The smallest absolute Gasteiger partial charge is 0.265 e. The Labute approximate surface area is 145 Å². The largest absolute Gasteiger partial charge is 0.481 e. The van der Waals surface area contributed by atoms with Gasteiger partial charge in [0.05, 0.1) is 0 Å². The summed E-state index contributed by atoms with van der Waals surface area (Å²) in [6, 6.07) is 13.8. The molecule has 0 radical (unpaired) electrons. The Hall–Kier alpha value is -2.29. The Kier molecular flexibility index (Phi) is 6.02. The molecule has 0 saturated carbocycles. The predicted molar refractivity (Wildman–Crippen MR) is 99.8 cm³/mol. The predicted octanol–water partition coefficient (Wildman–Crippen LogP) is 5.22. The van der Waals surface area contributed by atoms with Crippen LogP contribution in [0.25, 0.3) is 0 Å². The molecule has 0 spiro atoms. The van der Waals surface area contributed by atoms with Crippen LogP contribution in [0.2, 0.25) is 0 Å². The molecular weight excluding hydrogens is 298 g/mol. The average molecular weight is 325 g/mol. The van der Waals surface area contributed by atoms with E-state index in [-0.39, 0.29) is 5.91 Å². The Balaban J connectivity index is 2.13. The van der Waals surface area contributed by atoms with Gasteiger partial charge in [0.1, 0.15) is 5.75 Å². The van der Waals surface area contributed by atoms with Gasteiger partial charge in [0.25, 0.3) is 5.91 Å². The molecule has 0 fully saturated rings. The number of rotatable bonds is 6. The van der Waals surface area contributed by atoms with Crippen LogP contribution in [0.4, 0.5) is 5.69 Å². The number of anilines is 1. The minimum Gasteiger partial charge on any atom is -0.481 e. The summed E-state index contributed by atoms with van der Waals surface area (Å²) in [5, 5.41) is 3.03. The summed E-state index contributed by atoms with van der Waals surface area (Å²) in [6.45, 7) is 10.3. The Bertz CT molecular complexity index is 707. The van der Waals surface area contributed by atoms with Crippen molar-refractivity contribution in [2.45, 2.75) is 53.1 Å². The van der Waals surface area contributed by atoms with E-state index < -0.39 is 6.10 Å². The minimum absolute atomic E-state index is 0.108. The van der Waals surface area contributed by atoms with Crippen molar-refractivity contribution in [1.82, 2.24) is 0 Å². The second-order valence-electron chi connectivity index (χ2n) is 6.49. The molecule has 2 aromatic rings. The van der Waals surface area contributed by atoms with Crippen LogP contribution >= 0.6 is 0 Å². The molecule has 3 nitrogen and oxygen atoms in total. The van der Waals surface area contributed by atoms with E-state index in [0.717, 1.165) is 22.6 Å². The van der Waals surface area contributed by atoms with Crippen LogP contribution in [-0.2, 0) is 4.79 Å². The molecule has 0 bridgehead atoms. The van der Waals surface area contributed by atoms with E-state index in [4.69, 9.17) is 4.74 Å². The Morgan fingerprint density at radius 1 is 1.08 bits per heavy atom. The van der Waals surface area contributed by atoms with Crippen molar-refractivity contribution in [3.63, 3.8) is 0 Å². The first kappa shape index (κ1) is 18.1. The van der Waals surface area contributed by atoms with E-state index in [1.165, 1.54) is 5.56 Å². The molecule has 1 amide bonds. The van der Waals surface area contributed by atoms with Crippen LogP contribution in [0, 0.1) is 13.8 Å². The van der Waals surface area contributed by atoms with Crippen LogP contribution in [0.1, 0.15) is 49.8 Å². The molecular formula is C21H27NO2. The van der Waals surface area contributed by atoms with Crippen molar-refractivity contribution < 1.29 is 9.53 Å². The highest BCUT2D eigenvalue weighted by Crippen LogP contribution is 2.24. The molecule has 0 saturated heterocycles. The highest BCUT2D eigenvalue weighted by Gasteiger charge is 2.20. The van der Waals surface area contributed by atoms with Crippen molar-refractivity contribution >= 4 is 11.6 Å². The number of para-hydroxylation sites is 1. The van der Waals surface area contributed by atoms with Gasteiger partial charge in [-0.15, -0.1) is 0 Å². The lowest BCUT2D eigenvalue weighted by atomic mass is 10.0. The van der Waals surface area contributed by atoms with Gasteiger partial charge in [0, 0.05) is 5.69 Å². The molecule has 128 valence electrons. The third-order valence-corrected chi connectivity index (χ3v) is 4.26. The van der Waals surface area contributed by atoms with E-state index in [1.807, 2.05) is 56.3 Å². The zero-order chi connectivity index (χ0) is 17.7. The summed E-state index contributed by atoms with van der Waals surface area (Å²) >= 11 is 0. The lowest BCUT2D eigenvalue weighted by Gasteiger charge is -2.20. The van der Waals surface area contributed by atoms with Gasteiger partial charge in [0.2, 0.25) is 0 Å². The number of nitrogens with one attached hydrogen (secondary N) is 1. The number of benzene rings is 2. The van der Waals surface area contributed by atoms with E-state index in [9.17, 15) is 4.79 Å². The topological polar surface area (TPSA) is 38.3 Å². The number of ether oxygens (including phenoxy) is 1. The van der Waals surface area contributed by atoms with Gasteiger partial charge in [-0.3, -0.25) is 4.79 Å². The van der Waals surface area contributed by atoms with Crippen LogP contribution < -0.4 is 10.1 Å². The first-order valence-electron chi connectivity index (χ1n) is 8.56. The van der Waals surface area contributed by atoms with E-state index in [0.29, 0.717) is 12.3 Å². The number of carbonyl (C=O) groups is 1. The fraction of sp³-hybridized carbons (Fsp3) is 0.381. The van der Waals surface area contributed by atoms with Crippen LogP contribution in [0.5, 0.6) is 5.75 Å². The average Bonchev–Trinajstić information content (AvgIpc) is 2.56. The molecule has 0 aromatic heterocycles. The molecule has 24 heavy (non-hydrogen) atoms. The first-order chi connectivity index (χ1) is 11.4. The monoisotopic (exact) mass is 325 g/mol. The van der Waals surface area contributed by atoms with Crippen molar-refractivity contribution in [3.8, 4) is 5.75 Å². The number of hydrogen-bond acceptors (Lipinski definition) is 2. The highest BCUT2D eigenvalue weighted by atomic mass is 16.5. The molecule has 0 unspecified atom stereocenters. The van der Waals surface area contributed by atoms with Gasteiger partial charge in [-0.2, -0.15) is 0 Å². The second-order valence-corrected chi connectivity index (χ2v) is 6.49. The number of aryl methyl sites for hydroxylation is 2. The molecule has 1 N–H and O–H groups in total. The van der Waals surface area contributed by atoms with Crippen LogP contribution in [-0.4, -0.2) is 12.0 Å². The van der Waals surface area contributed by atoms with Crippen molar-refractivity contribution in [2.75, 3.05) is 5.32 Å². The van der Waals surface area contributed by atoms with Gasteiger partial charge >= 0.3 is 0 Å². The minimum atomic E-state index is -0.507. The van der Waals surface area contributed by atoms with Gasteiger partial charge in [-0.1, -0.05) is 45.0 Å². The lowest BCUT2D eigenvalue weighted by molar-refractivity contribution is -0.122. The quantitative estimate of drug-likeness (QED) is 0.790. The fourth-order valence-corrected chi connectivity index (χ4v) is 2.60. The van der Waals surface area contributed by atoms with Crippen molar-refractivity contribution in [3.05, 3.63) is 59.2 Å². The molecule has 0 aliphatic carbocycles. The zero-order valence-electron chi connectivity index (χ0n) is 15.2. The van der Waals surface area contributed by atoms with Crippen molar-refractivity contribution in [2.24, 2.45) is 0 Å². The summed E-state index contributed by atoms with van der Waals surface area (Å²) in [5.74, 6) is 0.975. The normalized spacial score (nSPS) is 12.1. The van der Waals surface area contributed by atoms with Crippen molar-refractivity contribution in [1.29, 1.82) is 0 Å². The standard InChI is InChI=1S/C21H27NO2/c1-6-20(24-17-12-11-15(4)16(5)13-17)21(23)22-19-10-8-7-9-18(19)14(2)3/h7-14,20H,6H2,1-5H3,(H,22,23)/t20-/m0/s1. The number of carbonyl (C=O) groups excluding carboxylic acids is 1. The summed E-state index contributed by atoms with van der Waals surface area (Å²) < 4.78 is 5.92. The Morgan fingerprint density at radius 3 is 2.42 bits per heavy atom. The van der Waals surface area contributed by atoms with E-state index in [2.05, 4.69) is 26.1 Å². The molecule has 2 rings (SSSR count). The second kappa shape index (κ2) is 8.00. The molecule has 0 aliphatic rings. The van der Waals surface area contributed by atoms with Gasteiger partial charge in [-0.25, -0.2) is 0 Å². The maximum atomic E-state index is 12.6. The maximum absolute atomic E-state index is 12.6. The van der Waals surface area contributed by atoms with E-state index >= 15 is 0 Å². The first-order valence-corrected chi connectivity index (χ1v) is 8.56. The SMILES string of the molecule is CC[C@H](Oc1ccc(C)c(C)c1)C(=O)Nc1ccccc1C(C)C. The number of amides is 1. The van der Waals surface area contributed by atoms with Gasteiger partial charge in [-0.05, 0) is 61.1 Å². The number of hydrogen-bond donors (Lipinski definition) is 1. The van der Waals surface area contributed by atoms with Crippen LogP contribution in [0.15, 0.2) is 42.5 Å². The lowest BCUT2D eigenvalue weighted by Crippen LogP contribution is -2.32. The molecule has 1 atom stereocenters. The van der Waals surface area contributed by atoms with Gasteiger partial charge in [0.15, 0.2) is 6.10 Å². The molecule has 0 heterocycles. The fourth-order valence-electron chi connectivity index (χ4n) is 2.60. The summed E-state index contributed by atoms with van der Waals surface area (Å²) in [6.07, 6.45) is 0.107. The molecule has 3 heteroatoms. The summed E-state index contributed by atoms with van der Waals surface area (Å²) in [4.78, 5) is 12.6. The third-order valence-electron chi connectivity index (χ3n) is 4.26. The zero-order valence-corrected chi connectivity index (χ0v) is 15.2. The van der Waals surface area contributed by atoms with E-state index in [1.54, 1.807) is 0 Å². The summed E-state index contributed by atoms with van der Waals surface area (Å²) in [5.41, 5.74) is 4.37. The highest BCUT2D eigenvalue weighted by molar-refractivity contribution is 5.95. The Morgan fingerprint density at radius 2 is 1.79 bits per heavy atom. The molecule has 0 aliphatic heterocycles. The third kappa shape index (κ3) is 4.38. The molecule has 2 aromatic carbocycles. The summed E-state index contributed by atoms with van der Waals surface area (Å²) in [7, 11) is 0.